The predicted octanol–water partition coefficient (Wildman–Crippen LogP) is 1.49. The Kier molecular flexibility index (Phi) is 4.75. The highest BCUT2D eigenvalue weighted by atomic mass is 16.5. The average Bonchev–Trinajstić information content (AvgIpc) is 2.30. The fraction of sp³-hybridized carbons (Fsp3) is 0.500. The van der Waals surface area contributed by atoms with Gasteiger partial charge in [0.2, 0.25) is 0 Å². The van der Waals surface area contributed by atoms with Crippen LogP contribution in [0.1, 0.15) is 31.3 Å². The Morgan fingerprint density at radius 1 is 1.35 bits per heavy atom. The summed E-state index contributed by atoms with van der Waals surface area (Å²) in [5.74, 6) is -1.79. The van der Waals surface area contributed by atoms with Crippen molar-refractivity contribution < 1.29 is 14.3 Å². The third-order valence-corrected chi connectivity index (χ3v) is 2.31. The second kappa shape index (κ2) is 6.08. The minimum Gasteiger partial charge on any atom is -0.465 e. The fourth-order valence-electron chi connectivity index (χ4n) is 1.50. The number of carbonyl (C=O) groups is 2. The highest BCUT2D eigenvalue weighted by Crippen LogP contribution is 2.17. The number of esters is 1. The van der Waals surface area contributed by atoms with E-state index in [1.54, 1.807) is 20.8 Å². The summed E-state index contributed by atoms with van der Waals surface area (Å²) >= 11 is 0. The van der Waals surface area contributed by atoms with Crippen LogP contribution in [0.15, 0.2) is 18.6 Å². The van der Waals surface area contributed by atoms with Crippen LogP contribution in [0.3, 0.4) is 0 Å². The standard InChI is InChI=1S/C12H16N2O3/c1-4-17-12(16)10(8(2)3)11(15)9-7-13-5-6-14-9/h5-8,10H,4H2,1-3H3. The number of nitrogens with zero attached hydrogens (tertiary/aromatic N) is 2. The number of carbonyl (C=O) groups excluding carboxylic acids is 2. The van der Waals surface area contributed by atoms with E-state index in [2.05, 4.69) is 9.97 Å². The van der Waals surface area contributed by atoms with Crippen LogP contribution in [0.4, 0.5) is 0 Å². The Morgan fingerprint density at radius 2 is 2.06 bits per heavy atom. The first-order valence-electron chi connectivity index (χ1n) is 5.54. The van der Waals surface area contributed by atoms with Crippen molar-refractivity contribution in [1.82, 2.24) is 9.97 Å². The van der Waals surface area contributed by atoms with Gasteiger partial charge in [-0.25, -0.2) is 4.98 Å². The third kappa shape index (κ3) is 3.34. The molecule has 1 aromatic rings. The summed E-state index contributed by atoms with van der Waals surface area (Å²) in [5.41, 5.74) is 0.194. The molecule has 0 saturated heterocycles. The normalized spacial score (nSPS) is 12.2. The minimum absolute atomic E-state index is 0.136. The van der Waals surface area contributed by atoms with Crippen molar-refractivity contribution in [3.05, 3.63) is 24.3 Å². The van der Waals surface area contributed by atoms with Gasteiger partial charge in [0.05, 0.1) is 12.8 Å². The topological polar surface area (TPSA) is 69.2 Å². The van der Waals surface area contributed by atoms with E-state index in [9.17, 15) is 9.59 Å². The van der Waals surface area contributed by atoms with Crippen LogP contribution in [-0.4, -0.2) is 28.3 Å². The number of aromatic nitrogens is 2. The van der Waals surface area contributed by atoms with Crippen LogP contribution < -0.4 is 0 Å². The number of rotatable bonds is 5. The lowest BCUT2D eigenvalue weighted by molar-refractivity contribution is -0.147. The summed E-state index contributed by atoms with van der Waals surface area (Å²) in [7, 11) is 0. The SMILES string of the molecule is CCOC(=O)C(C(=O)c1cnccn1)C(C)C. The predicted molar refractivity (Wildman–Crippen MR) is 61.3 cm³/mol. The molecule has 0 aliphatic carbocycles. The molecule has 0 amide bonds. The zero-order valence-electron chi connectivity index (χ0n) is 10.2. The minimum atomic E-state index is -0.813. The van der Waals surface area contributed by atoms with Crippen molar-refractivity contribution in [3.8, 4) is 0 Å². The molecule has 1 heterocycles. The molecule has 5 nitrogen and oxygen atoms in total. The van der Waals surface area contributed by atoms with Gasteiger partial charge in [0.1, 0.15) is 11.6 Å². The molecule has 1 atom stereocenters. The zero-order valence-corrected chi connectivity index (χ0v) is 10.2. The molecule has 0 radical (unpaired) electrons. The maximum atomic E-state index is 12.1. The van der Waals surface area contributed by atoms with Gasteiger partial charge in [-0.1, -0.05) is 13.8 Å². The second-order valence-electron chi connectivity index (χ2n) is 3.93. The molecule has 0 N–H and O–H groups in total. The van der Waals surface area contributed by atoms with E-state index >= 15 is 0 Å². The molecular weight excluding hydrogens is 220 g/mol. The van der Waals surface area contributed by atoms with Crippen molar-refractivity contribution in [2.45, 2.75) is 20.8 Å². The van der Waals surface area contributed by atoms with Crippen molar-refractivity contribution in [2.75, 3.05) is 6.61 Å². The summed E-state index contributed by atoms with van der Waals surface area (Å²) in [6, 6.07) is 0. The van der Waals surface area contributed by atoms with Gasteiger partial charge < -0.3 is 4.74 Å². The molecule has 0 aromatic carbocycles. The first kappa shape index (κ1) is 13.3. The Morgan fingerprint density at radius 3 is 2.53 bits per heavy atom. The molecule has 0 aliphatic heterocycles. The molecule has 5 heteroatoms. The van der Waals surface area contributed by atoms with Crippen molar-refractivity contribution in [1.29, 1.82) is 0 Å². The lowest BCUT2D eigenvalue weighted by Gasteiger charge is -2.17. The van der Waals surface area contributed by atoms with E-state index in [1.165, 1.54) is 18.6 Å². The number of ketones is 1. The highest BCUT2D eigenvalue weighted by Gasteiger charge is 2.32. The van der Waals surface area contributed by atoms with E-state index < -0.39 is 11.9 Å². The first-order valence-corrected chi connectivity index (χ1v) is 5.54. The van der Waals surface area contributed by atoms with Crippen LogP contribution in [0, 0.1) is 11.8 Å². The molecule has 1 aromatic heterocycles. The van der Waals surface area contributed by atoms with Gasteiger partial charge in [0, 0.05) is 12.4 Å². The van der Waals surface area contributed by atoms with Gasteiger partial charge in [0.25, 0.3) is 0 Å². The number of Topliss-reactive ketones (excluding diaryl/α,β-unsaturated/α-hetero) is 1. The molecule has 17 heavy (non-hydrogen) atoms. The van der Waals surface area contributed by atoms with Gasteiger partial charge in [-0.05, 0) is 12.8 Å². The zero-order chi connectivity index (χ0) is 12.8. The monoisotopic (exact) mass is 236 g/mol. The highest BCUT2D eigenvalue weighted by molar-refractivity contribution is 6.07. The molecule has 0 fully saturated rings. The van der Waals surface area contributed by atoms with Crippen LogP contribution >= 0.6 is 0 Å². The van der Waals surface area contributed by atoms with Gasteiger partial charge >= 0.3 is 5.97 Å². The van der Waals surface area contributed by atoms with Crippen LogP contribution in [0.5, 0.6) is 0 Å². The van der Waals surface area contributed by atoms with Crippen molar-refractivity contribution >= 4 is 11.8 Å². The van der Waals surface area contributed by atoms with Crippen LogP contribution in [0.25, 0.3) is 0 Å². The second-order valence-corrected chi connectivity index (χ2v) is 3.93. The number of hydrogen-bond acceptors (Lipinski definition) is 5. The van der Waals surface area contributed by atoms with E-state index in [0.717, 1.165) is 0 Å². The van der Waals surface area contributed by atoms with E-state index in [-0.39, 0.29) is 24.0 Å². The lowest BCUT2D eigenvalue weighted by atomic mass is 9.90. The molecular formula is C12H16N2O3. The van der Waals surface area contributed by atoms with Crippen molar-refractivity contribution in [3.63, 3.8) is 0 Å². The molecule has 1 rings (SSSR count). The Labute approximate surface area is 100 Å². The maximum absolute atomic E-state index is 12.1. The average molecular weight is 236 g/mol. The smallest absolute Gasteiger partial charge is 0.317 e. The molecule has 0 saturated carbocycles. The summed E-state index contributed by atoms with van der Waals surface area (Å²) in [6.07, 6.45) is 4.26. The molecule has 0 aliphatic rings. The van der Waals surface area contributed by atoms with Gasteiger partial charge in [0.15, 0.2) is 5.78 Å². The van der Waals surface area contributed by atoms with Crippen LogP contribution in [-0.2, 0) is 9.53 Å². The Hall–Kier alpha value is -1.78. The molecule has 0 bridgehead atoms. The van der Waals surface area contributed by atoms with E-state index in [0.29, 0.717) is 0 Å². The summed E-state index contributed by atoms with van der Waals surface area (Å²) in [6.45, 7) is 5.57. The van der Waals surface area contributed by atoms with Gasteiger partial charge in [-0.15, -0.1) is 0 Å². The van der Waals surface area contributed by atoms with Gasteiger partial charge in [-0.2, -0.15) is 0 Å². The van der Waals surface area contributed by atoms with Crippen LogP contribution in [0.2, 0.25) is 0 Å². The summed E-state index contributed by atoms with van der Waals surface area (Å²) < 4.78 is 4.90. The molecule has 1 unspecified atom stereocenters. The molecule has 0 spiro atoms. The molecule has 92 valence electrons. The Bertz CT molecular complexity index is 390. The summed E-state index contributed by atoms with van der Waals surface area (Å²) in [5, 5.41) is 0. The van der Waals surface area contributed by atoms with E-state index in [4.69, 9.17) is 4.74 Å². The van der Waals surface area contributed by atoms with Crippen molar-refractivity contribution in [2.24, 2.45) is 11.8 Å². The lowest BCUT2D eigenvalue weighted by Crippen LogP contribution is -2.31. The Balaban J connectivity index is 2.92. The number of hydrogen-bond donors (Lipinski definition) is 0. The quantitative estimate of drug-likeness (QED) is 0.440. The van der Waals surface area contributed by atoms with Gasteiger partial charge in [-0.3, -0.25) is 14.6 Å². The number of ether oxygens (including phenoxy) is 1. The summed E-state index contributed by atoms with van der Waals surface area (Å²) in [4.78, 5) is 31.5. The fourth-order valence-corrected chi connectivity index (χ4v) is 1.50. The largest absolute Gasteiger partial charge is 0.465 e. The van der Waals surface area contributed by atoms with E-state index in [1.807, 2.05) is 0 Å². The first-order chi connectivity index (χ1) is 8.07. The third-order valence-electron chi connectivity index (χ3n) is 2.31. The maximum Gasteiger partial charge on any atom is 0.317 e.